The molecule has 1 aliphatic carbocycles. The molecule has 0 radical (unpaired) electrons. The maximum atomic E-state index is 13.2. The van der Waals surface area contributed by atoms with Gasteiger partial charge in [0.2, 0.25) is 5.91 Å². The second-order valence-electron chi connectivity index (χ2n) is 8.23. The number of amides is 2. The molecule has 0 bridgehead atoms. The maximum absolute atomic E-state index is 13.2. The number of carbonyl (C=O) groups is 2. The Morgan fingerprint density at radius 1 is 1.36 bits per heavy atom. The van der Waals surface area contributed by atoms with Gasteiger partial charge >= 0.3 is 0 Å². The zero-order chi connectivity index (χ0) is 17.3. The molecule has 1 aromatic heterocycles. The van der Waals surface area contributed by atoms with E-state index in [-0.39, 0.29) is 23.9 Å². The van der Waals surface area contributed by atoms with Crippen molar-refractivity contribution in [3.8, 4) is 0 Å². The van der Waals surface area contributed by atoms with Gasteiger partial charge in [-0.2, -0.15) is 0 Å². The minimum atomic E-state index is -0.585. The molecule has 3 aliphatic heterocycles. The number of carbonyl (C=O) groups excluding carboxylic acids is 2. The largest absolute Gasteiger partial charge is 0.351 e. The molecule has 25 heavy (non-hydrogen) atoms. The summed E-state index contributed by atoms with van der Waals surface area (Å²) in [6, 6.07) is 4.30. The third kappa shape index (κ3) is 2.00. The number of nitrogens with zero attached hydrogens (tertiary/aromatic N) is 3. The minimum absolute atomic E-state index is 0.0463. The Morgan fingerprint density at radius 2 is 2.16 bits per heavy atom. The number of ether oxygens (including phenoxy) is 1. The van der Waals surface area contributed by atoms with Crippen molar-refractivity contribution >= 4 is 11.8 Å². The van der Waals surface area contributed by atoms with E-state index < -0.39 is 5.72 Å². The molecule has 4 aliphatic rings. The molecule has 6 heteroatoms. The van der Waals surface area contributed by atoms with E-state index in [1.165, 1.54) is 0 Å². The van der Waals surface area contributed by atoms with Crippen molar-refractivity contribution < 1.29 is 14.3 Å². The van der Waals surface area contributed by atoms with Gasteiger partial charge < -0.3 is 19.1 Å². The van der Waals surface area contributed by atoms with Gasteiger partial charge in [0.25, 0.3) is 5.91 Å². The van der Waals surface area contributed by atoms with Gasteiger partial charge in [-0.05, 0) is 30.9 Å². The highest BCUT2D eigenvalue weighted by molar-refractivity contribution is 5.94. The van der Waals surface area contributed by atoms with Gasteiger partial charge in [0.15, 0.2) is 5.72 Å². The molecule has 134 valence electrons. The van der Waals surface area contributed by atoms with Crippen LogP contribution in [-0.4, -0.2) is 57.1 Å². The van der Waals surface area contributed by atoms with Crippen molar-refractivity contribution in [2.24, 2.45) is 5.92 Å². The molecule has 3 atom stereocenters. The summed E-state index contributed by atoms with van der Waals surface area (Å²) in [5.41, 5.74) is 0.169. The average Bonchev–Trinajstić information content (AvgIpc) is 2.96. The van der Waals surface area contributed by atoms with Crippen LogP contribution in [0.25, 0.3) is 0 Å². The molecule has 1 saturated carbocycles. The van der Waals surface area contributed by atoms with Gasteiger partial charge in [0, 0.05) is 25.2 Å². The zero-order valence-corrected chi connectivity index (χ0v) is 14.9. The lowest BCUT2D eigenvalue weighted by atomic mass is 10.0. The van der Waals surface area contributed by atoms with Crippen LogP contribution in [0.4, 0.5) is 0 Å². The van der Waals surface area contributed by atoms with Gasteiger partial charge in [0.1, 0.15) is 5.69 Å². The Morgan fingerprint density at radius 3 is 2.88 bits per heavy atom. The second-order valence-corrected chi connectivity index (χ2v) is 8.23. The van der Waals surface area contributed by atoms with E-state index in [0.29, 0.717) is 31.5 Å². The van der Waals surface area contributed by atoms with Crippen LogP contribution >= 0.6 is 0 Å². The first-order chi connectivity index (χ1) is 12.0. The number of aromatic nitrogens is 1. The van der Waals surface area contributed by atoms with Crippen LogP contribution in [0.3, 0.4) is 0 Å². The Kier molecular flexibility index (Phi) is 3.15. The van der Waals surface area contributed by atoms with E-state index in [9.17, 15) is 9.59 Å². The van der Waals surface area contributed by atoms with Gasteiger partial charge in [-0.25, -0.2) is 0 Å². The SMILES string of the molecule is CC(C)[C@@H]1CO[C@@]23CCN(C(=O)c4cccn4C4CC4)[C@@H]2CC(=O)N13. The van der Waals surface area contributed by atoms with Crippen LogP contribution in [0, 0.1) is 5.92 Å². The molecule has 1 aromatic rings. The fourth-order valence-electron chi connectivity index (χ4n) is 5.01. The van der Waals surface area contributed by atoms with E-state index >= 15 is 0 Å². The third-order valence-electron chi connectivity index (χ3n) is 6.46. The van der Waals surface area contributed by atoms with Crippen molar-refractivity contribution in [3.05, 3.63) is 24.0 Å². The first-order valence-electron chi connectivity index (χ1n) is 9.47. The molecule has 3 saturated heterocycles. The molecular weight excluding hydrogens is 318 g/mol. The first-order valence-corrected chi connectivity index (χ1v) is 9.47. The lowest BCUT2D eigenvalue weighted by Crippen LogP contribution is -2.51. The summed E-state index contributed by atoms with van der Waals surface area (Å²) in [5, 5.41) is 0. The quantitative estimate of drug-likeness (QED) is 0.844. The highest BCUT2D eigenvalue weighted by Gasteiger charge is 2.65. The number of hydrogen-bond donors (Lipinski definition) is 0. The van der Waals surface area contributed by atoms with Crippen LogP contribution < -0.4 is 0 Å². The Balaban J connectivity index is 1.45. The summed E-state index contributed by atoms with van der Waals surface area (Å²) in [7, 11) is 0. The molecule has 0 N–H and O–H groups in total. The van der Waals surface area contributed by atoms with Crippen molar-refractivity contribution in [2.75, 3.05) is 13.2 Å². The summed E-state index contributed by atoms with van der Waals surface area (Å²) in [5.74, 6) is 0.542. The Bertz CT molecular complexity index is 738. The molecule has 2 amide bonds. The summed E-state index contributed by atoms with van der Waals surface area (Å²) in [4.78, 5) is 29.8. The lowest BCUT2D eigenvalue weighted by Gasteiger charge is -2.34. The van der Waals surface area contributed by atoms with Crippen LogP contribution in [0.2, 0.25) is 0 Å². The summed E-state index contributed by atoms with van der Waals surface area (Å²) >= 11 is 0. The lowest BCUT2D eigenvalue weighted by molar-refractivity contribution is -0.139. The third-order valence-corrected chi connectivity index (χ3v) is 6.46. The van der Waals surface area contributed by atoms with Gasteiger partial charge in [-0.15, -0.1) is 0 Å². The summed E-state index contributed by atoms with van der Waals surface area (Å²) in [6.45, 7) is 5.51. The van der Waals surface area contributed by atoms with Crippen molar-refractivity contribution in [2.45, 2.75) is 63.4 Å². The van der Waals surface area contributed by atoms with Crippen LogP contribution in [0.1, 0.15) is 56.1 Å². The van der Waals surface area contributed by atoms with E-state index in [1.54, 1.807) is 0 Å². The van der Waals surface area contributed by atoms with E-state index in [2.05, 4.69) is 18.4 Å². The number of hydrogen-bond acceptors (Lipinski definition) is 3. The average molecular weight is 343 g/mol. The predicted octanol–water partition coefficient (Wildman–Crippen LogP) is 2.02. The van der Waals surface area contributed by atoms with E-state index in [1.807, 2.05) is 28.1 Å². The topological polar surface area (TPSA) is 54.8 Å². The first kappa shape index (κ1) is 15.4. The van der Waals surface area contributed by atoms with Crippen molar-refractivity contribution in [3.63, 3.8) is 0 Å². The summed E-state index contributed by atoms with van der Waals surface area (Å²) in [6.07, 6.45) is 5.41. The fourth-order valence-corrected chi connectivity index (χ4v) is 5.01. The normalized spacial score (nSPS) is 34.1. The number of rotatable bonds is 3. The molecular formula is C19H25N3O3. The Hall–Kier alpha value is -1.82. The van der Waals surface area contributed by atoms with Gasteiger partial charge in [-0.3, -0.25) is 9.59 Å². The molecule has 0 unspecified atom stereocenters. The monoisotopic (exact) mass is 343 g/mol. The molecule has 6 nitrogen and oxygen atoms in total. The van der Waals surface area contributed by atoms with Crippen LogP contribution in [0.15, 0.2) is 18.3 Å². The summed E-state index contributed by atoms with van der Waals surface area (Å²) < 4.78 is 8.33. The van der Waals surface area contributed by atoms with Crippen molar-refractivity contribution in [1.29, 1.82) is 0 Å². The second kappa shape index (κ2) is 5.10. The maximum Gasteiger partial charge on any atom is 0.270 e. The highest BCUT2D eigenvalue weighted by atomic mass is 16.5. The smallest absolute Gasteiger partial charge is 0.270 e. The molecule has 4 heterocycles. The molecule has 1 spiro atoms. The van der Waals surface area contributed by atoms with Crippen LogP contribution in [0.5, 0.6) is 0 Å². The zero-order valence-electron chi connectivity index (χ0n) is 14.9. The Labute approximate surface area is 147 Å². The van der Waals surface area contributed by atoms with Gasteiger partial charge in [-0.1, -0.05) is 13.8 Å². The fraction of sp³-hybridized carbons (Fsp3) is 0.684. The molecule has 4 fully saturated rings. The number of likely N-dealkylation sites (tertiary alicyclic amines) is 1. The molecule has 5 rings (SSSR count). The highest BCUT2D eigenvalue weighted by Crippen LogP contribution is 2.49. The van der Waals surface area contributed by atoms with Crippen LogP contribution in [-0.2, 0) is 9.53 Å². The minimum Gasteiger partial charge on any atom is -0.351 e. The predicted molar refractivity (Wildman–Crippen MR) is 90.9 cm³/mol. The standard InChI is InChI=1S/C19H25N3O3/c1-12(2)15-11-25-19-7-9-21(16(19)10-17(23)22(15)19)18(24)14-4-3-8-20(14)13-5-6-13/h3-4,8,12-13,15-16H,5-7,9-11H2,1-2H3/t15-,16+,19-/m0/s1. The van der Waals surface area contributed by atoms with Gasteiger partial charge in [0.05, 0.1) is 25.1 Å². The van der Waals surface area contributed by atoms with E-state index in [4.69, 9.17) is 4.74 Å². The molecule has 0 aromatic carbocycles. The van der Waals surface area contributed by atoms with E-state index in [0.717, 1.165) is 25.0 Å². The van der Waals surface area contributed by atoms with Crippen molar-refractivity contribution in [1.82, 2.24) is 14.4 Å².